The molecule has 3 aromatic rings. The summed E-state index contributed by atoms with van der Waals surface area (Å²) < 4.78 is 40.0. The highest BCUT2D eigenvalue weighted by atomic mass is 32.2. The molecular weight excluding hydrogens is 347 g/mol. The highest BCUT2D eigenvalue weighted by Crippen LogP contribution is 2.24. The van der Waals surface area contributed by atoms with Crippen LogP contribution in [0.3, 0.4) is 0 Å². The van der Waals surface area contributed by atoms with Crippen molar-refractivity contribution in [2.45, 2.75) is 11.3 Å². The van der Waals surface area contributed by atoms with E-state index < -0.39 is 10.0 Å². The topological polar surface area (TPSA) is 59.1 Å². The van der Waals surface area contributed by atoms with Crippen LogP contribution in [0.5, 0.6) is 0 Å². The second-order valence-electron chi connectivity index (χ2n) is 5.12. The van der Waals surface area contributed by atoms with Gasteiger partial charge in [0.25, 0.3) is 0 Å². The molecule has 0 amide bonds. The van der Waals surface area contributed by atoms with Crippen LogP contribution in [0.2, 0.25) is 0 Å². The van der Waals surface area contributed by atoms with Crippen LogP contribution < -0.4 is 4.72 Å². The Morgan fingerprint density at radius 2 is 1.88 bits per heavy atom. The first-order valence-electron chi connectivity index (χ1n) is 7.30. The van der Waals surface area contributed by atoms with Gasteiger partial charge in [-0.25, -0.2) is 22.5 Å². The third-order valence-corrected chi connectivity index (χ3v) is 5.77. The fraction of sp³-hybridized carbons (Fsp3) is 0.118. The maximum absolute atomic E-state index is 13.3. The molecule has 0 fully saturated rings. The number of sulfonamides is 1. The number of aromatic nitrogens is 1. The minimum Gasteiger partial charge on any atom is -0.241 e. The van der Waals surface area contributed by atoms with Crippen LogP contribution >= 0.6 is 11.3 Å². The molecule has 7 heteroatoms. The average Bonchev–Trinajstić information content (AvgIpc) is 3.04. The Kier molecular flexibility index (Phi) is 5.03. The SMILES string of the molecule is O=S(=O)(NCCc1csc(-c2cccc(F)c2)n1)c1ccccc1. The highest BCUT2D eigenvalue weighted by Gasteiger charge is 2.13. The Morgan fingerprint density at radius 1 is 1.08 bits per heavy atom. The quantitative estimate of drug-likeness (QED) is 0.730. The lowest BCUT2D eigenvalue weighted by Gasteiger charge is -2.05. The summed E-state index contributed by atoms with van der Waals surface area (Å²) in [6, 6.07) is 14.5. The Bertz CT molecular complexity index is 925. The maximum atomic E-state index is 13.3. The molecule has 1 aromatic heterocycles. The van der Waals surface area contributed by atoms with Gasteiger partial charge in [-0.3, -0.25) is 0 Å². The van der Waals surface area contributed by atoms with Gasteiger partial charge in [-0.05, 0) is 24.3 Å². The van der Waals surface area contributed by atoms with Crippen molar-refractivity contribution in [2.75, 3.05) is 6.54 Å². The number of hydrogen-bond donors (Lipinski definition) is 1. The van der Waals surface area contributed by atoms with Gasteiger partial charge >= 0.3 is 0 Å². The first kappa shape index (κ1) is 16.8. The van der Waals surface area contributed by atoms with E-state index in [1.807, 2.05) is 5.38 Å². The van der Waals surface area contributed by atoms with E-state index in [2.05, 4.69) is 9.71 Å². The second kappa shape index (κ2) is 7.21. The summed E-state index contributed by atoms with van der Waals surface area (Å²) in [5.74, 6) is -0.306. The van der Waals surface area contributed by atoms with E-state index in [0.29, 0.717) is 6.42 Å². The zero-order chi connectivity index (χ0) is 17.0. The Balaban J connectivity index is 1.62. The fourth-order valence-corrected chi connectivity index (χ4v) is 4.08. The van der Waals surface area contributed by atoms with Crippen LogP contribution in [-0.2, 0) is 16.4 Å². The minimum absolute atomic E-state index is 0.240. The molecule has 1 heterocycles. The Morgan fingerprint density at radius 3 is 2.62 bits per heavy atom. The van der Waals surface area contributed by atoms with Crippen LogP contribution in [0.1, 0.15) is 5.69 Å². The molecule has 4 nitrogen and oxygen atoms in total. The van der Waals surface area contributed by atoms with Crippen LogP contribution in [0.15, 0.2) is 64.9 Å². The molecule has 0 radical (unpaired) electrons. The average molecular weight is 362 g/mol. The third-order valence-electron chi connectivity index (χ3n) is 3.35. The lowest BCUT2D eigenvalue weighted by molar-refractivity contribution is 0.581. The molecule has 0 saturated carbocycles. The fourth-order valence-electron chi connectivity index (χ4n) is 2.17. The van der Waals surface area contributed by atoms with E-state index in [1.165, 1.54) is 23.5 Å². The number of nitrogens with zero attached hydrogens (tertiary/aromatic N) is 1. The number of rotatable bonds is 6. The van der Waals surface area contributed by atoms with Gasteiger partial charge in [-0.2, -0.15) is 0 Å². The molecule has 2 aromatic carbocycles. The summed E-state index contributed by atoms with van der Waals surface area (Å²) in [6.45, 7) is 0.254. The van der Waals surface area contributed by atoms with Crippen LogP contribution in [0.25, 0.3) is 10.6 Å². The first-order valence-corrected chi connectivity index (χ1v) is 9.66. The molecule has 0 atom stereocenters. The molecule has 0 aliphatic carbocycles. The van der Waals surface area contributed by atoms with Crippen molar-refractivity contribution in [1.82, 2.24) is 9.71 Å². The van der Waals surface area contributed by atoms with Crippen molar-refractivity contribution < 1.29 is 12.8 Å². The normalized spacial score (nSPS) is 11.5. The monoisotopic (exact) mass is 362 g/mol. The van der Waals surface area contributed by atoms with Gasteiger partial charge in [0.15, 0.2) is 0 Å². The zero-order valence-electron chi connectivity index (χ0n) is 12.6. The molecule has 0 saturated heterocycles. The number of benzene rings is 2. The van der Waals surface area contributed by atoms with Gasteiger partial charge in [0.1, 0.15) is 10.8 Å². The number of thiazole rings is 1. The van der Waals surface area contributed by atoms with E-state index in [4.69, 9.17) is 0 Å². The standard InChI is InChI=1S/C17H15FN2O2S2/c18-14-6-4-5-13(11-14)17-20-15(12-23-17)9-10-19-24(21,22)16-7-2-1-3-8-16/h1-8,11-12,19H,9-10H2. The highest BCUT2D eigenvalue weighted by molar-refractivity contribution is 7.89. The maximum Gasteiger partial charge on any atom is 0.240 e. The summed E-state index contributed by atoms with van der Waals surface area (Å²) in [6.07, 6.45) is 0.470. The molecule has 3 rings (SSSR count). The van der Waals surface area contributed by atoms with E-state index >= 15 is 0 Å². The van der Waals surface area contributed by atoms with Crippen LogP contribution in [0.4, 0.5) is 4.39 Å². The third kappa shape index (κ3) is 4.05. The number of halogens is 1. The van der Waals surface area contributed by atoms with E-state index in [-0.39, 0.29) is 17.3 Å². The van der Waals surface area contributed by atoms with Crippen molar-refractivity contribution >= 4 is 21.4 Å². The summed E-state index contributed by atoms with van der Waals surface area (Å²) in [5, 5.41) is 2.58. The lowest BCUT2D eigenvalue weighted by atomic mass is 10.2. The Hall–Kier alpha value is -2.09. The van der Waals surface area contributed by atoms with Gasteiger partial charge in [0, 0.05) is 23.9 Å². The lowest BCUT2D eigenvalue weighted by Crippen LogP contribution is -2.26. The molecular formula is C17H15FN2O2S2. The van der Waals surface area contributed by atoms with E-state index in [1.54, 1.807) is 42.5 Å². The van der Waals surface area contributed by atoms with Gasteiger partial charge in [-0.1, -0.05) is 30.3 Å². The molecule has 0 unspecified atom stereocenters. The number of nitrogens with one attached hydrogen (secondary N) is 1. The van der Waals surface area contributed by atoms with Gasteiger partial charge in [0.2, 0.25) is 10.0 Å². The smallest absolute Gasteiger partial charge is 0.240 e. The number of hydrogen-bond acceptors (Lipinski definition) is 4. The molecule has 1 N–H and O–H groups in total. The molecule has 0 spiro atoms. The van der Waals surface area contributed by atoms with Crippen molar-refractivity contribution in [3.05, 3.63) is 71.5 Å². The van der Waals surface area contributed by atoms with E-state index in [0.717, 1.165) is 16.3 Å². The van der Waals surface area contributed by atoms with Gasteiger partial charge in [0.05, 0.1) is 10.6 Å². The van der Waals surface area contributed by atoms with Crippen LogP contribution in [0, 0.1) is 5.82 Å². The van der Waals surface area contributed by atoms with Gasteiger partial charge < -0.3 is 0 Å². The zero-order valence-corrected chi connectivity index (χ0v) is 14.3. The van der Waals surface area contributed by atoms with Crippen molar-refractivity contribution in [3.8, 4) is 10.6 Å². The summed E-state index contributed by atoms with van der Waals surface area (Å²) in [5.41, 5.74) is 1.49. The summed E-state index contributed by atoms with van der Waals surface area (Å²) in [7, 11) is -3.51. The predicted octanol–water partition coefficient (Wildman–Crippen LogP) is 3.47. The molecule has 0 aliphatic rings. The van der Waals surface area contributed by atoms with Crippen LogP contribution in [-0.4, -0.2) is 19.9 Å². The molecule has 124 valence electrons. The molecule has 0 bridgehead atoms. The van der Waals surface area contributed by atoms with Crippen molar-refractivity contribution in [2.24, 2.45) is 0 Å². The van der Waals surface area contributed by atoms with E-state index in [9.17, 15) is 12.8 Å². The summed E-state index contributed by atoms with van der Waals surface area (Å²) in [4.78, 5) is 4.67. The summed E-state index contributed by atoms with van der Waals surface area (Å²) >= 11 is 1.41. The van der Waals surface area contributed by atoms with Gasteiger partial charge in [-0.15, -0.1) is 11.3 Å². The minimum atomic E-state index is -3.51. The largest absolute Gasteiger partial charge is 0.241 e. The molecule has 24 heavy (non-hydrogen) atoms. The Labute approximate surface area is 144 Å². The van der Waals surface area contributed by atoms with Crippen molar-refractivity contribution in [1.29, 1.82) is 0 Å². The first-order chi connectivity index (χ1) is 11.5. The predicted molar refractivity (Wildman–Crippen MR) is 92.8 cm³/mol. The second-order valence-corrected chi connectivity index (χ2v) is 7.74. The van der Waals surface area contributed by atoms with Crippen molar-refractivity contribution in [3.63, 3.8) is 0 Å². The molecule has 0 aliphatic heterocycles.